The summed E-state index contributed by atoms with van der Waals surface area (Å²) in [7, 11) is -3.77. The van der Waals surface area contributed by atoms with Crippen molar-refractivity contribution in [2.24, 2.45) is 11.7 Å². The van der Waals surface area contributed by atoms with Gasteiger partial charge in [0.2, 0.25) is 10.0 Å². The lowest BCUT2D eigenvalue weighted by atomic mass is 10.0. The van der Waals surface area contributed by atoms with E-state index in [0.29, 0.717) is 12.8 Å². The highest BCUT2D eigenvalue weighted by Gasteiger charge is 2.33. The van der Waals surface area contributed by atoms with Crippen molar-refractivity contribution in [2.75, 3.05) is 0 Å². The number of rotatable bonds is 4. The Morgan fingerprint density at radius 1 is 1.42 bits per heavy atom. The average molecular weight is 285 g/mol. The fourth-order valence-corrected chi connectivity index (χ4v) is 3.72. The first-order valence-electron chi connectivity index (χ1n) is 6.02. The van der Waals surface area contributed by atoms with Gasteiger partial charge in [-0.05, 0) is 31.0 Å². The molecule has 1 aromatic carbocycles. The zero-order valence-corrected chi connectivity index (χ0v) is 11.1. The van der Waals surface area contributed by atoms with E-state index in [1.165, 1.54) is 18.2 Å². The third-order valence-corrected chi connectivity index (χ3v) is 4.82. The quantitative estimate of drug-likeness (QED) is 0.573. The lowest BCUT2D eigenvalue weighted by molar-refractivity contribution is 0.520. The predicted octanol–water partition coefficient (Wildman–Crippen LogP) is 1.21. The Morgan fingerprint density at radius 3 is 2.79 bits per heavy atom. The summed E-state index contributed by atoms with van der Waals surface area (Å²) in [5.41, 5.74) is 5.46. The van der Waals surface area contributed by atoms with Crippen LogP contribution in [0.25, 0.3) is 0 Å². The molecule has 2 unspecified atom stereocenters. The highest BCUT2D eigenvalue weighted by Crippen LogP contribution is 2.27. The molecule has 2 atom stereocenters. The second kappa shape index (κ2) is 5.26. The van der Waals surface area contributed by atoms with E-state index < -0.39 is 15.8 Å². The molecule has 1 fully saturated rings. The van der Waals surface area contributed by atoms with E-state index in [2.05, 4.69) is 4.72 Å². The zero-order valence-electron chi connectivity index (χ0n) is 10.3. The van der Waals surface area contributed by atoms with Crippen LogP contribution < -0.4 is 10.5 Å². The molecule has 4 N–H and O–H groups in total. The zero-order chi connectivity index (χ0) is 14.0. The molecule has 1 aliphatic carbocycles. The monoisotopic (exact) mass is 285 g/mol. The van der Waals surface area contributed by atoms with Crippen LogP contribution in [0, 0.1) is 17.1 Å². The molecule has 104 valence electrons. The van der Waals surface area contributed by atoms with Crippen molar-refractivity contribution in [3.05, 3.63) is 30.1 Å². The minimum Gasteiger partial charge on any atom is -0.387 e. The molecule has 19 heavy (non-hydrogen) atoms. The standard InChI is InChI=1S/C12H16FN3O2S/c13-8-3-1-4-9(7-8)19(17,18)16-11-6-2-5-10(11)12(14)15/h1,3-4,7,10-11,16H,2,5-6H2,(H3,14,15). The van der Waals surface area contributed by atoms with E-state index in [1.807, 2.05) is 0 Å². The summed E-state index contributed by atoms with van der Waals surface area (Å²) in [5.74, 6) is -0.884. The molecule has 0 saturated heterocycles. The summed E-state index contributed by atoms with van der Waals surface area (Å²) in [6.07, 6.45) is 2.16. The fourth-order valence-electron chi connectivity index (χ4n) is 2.37. The minimum absolute atomic E-state index is 0.00978. The SMILES string of the molecule is N=C(N)C1CCCC1NS(=O)(=O)c1cccc(F)c1. The summed E-state index contributed by atoms with van der Waals surface area (Å²) >= 11 is 0. The average Bonchev–Trinajstić information content (AvgIpc) is 2.76. The Morgan fingerprint density at radius 2 is 2.16 bits per heavy atom. The van der Waals surface area contributed by atoms with Crippen molar-refractivity contribution in [2.45, 2.75) is 30.2 Å². The summed E-state index contributed by atoms with van der Waals surface area (Å²) in [5, 5.41) is 7.45. The van der Waals surface area contributed by atoms with Gasteiger partial charge in [-0.15, -0.1) is 0 Å². The van der Waals surface area contributed by atoms with Gasteiger partial charge < -0.3 is 5.73 Å². The van der Waals surface area contributed by atoms with Gasteiger partial charge >= 0.3 is 0 Å². The predicted molar refractivity (Wildman–Crippen MR) is 69.8 cm³/mol. The van der Waals surface area contributed by atoms with E-state index in [4.69, 9.17) is 11.1 Å². The van der Waals surface area contributed by atoms with Crippen LogP contribution in [0.15, 0.2) is 29.2 Å². The first-order chi connectivity index (χ1) is 8.90. The van der Waals surface area contributed by atoms with Crippen molar-refractivity contribution < 1.29 is 12.8 Å². The van der Waals surface area contributed by atoms with E-state index >= 15 is 0 Å². The van der Waals surface area contributed by atoms with E-state index in [1.54, 1.807) is 0 Å². The Labute approximate surface area is 111 Å². The van der Waals surface area contributed by atoms with Gasteiger partial charge in [0, 0.05) is 12.0 Å². The van der Waals surface area contributed by atoms with E-state index in [9.17, 15) is 12.8 Å². The molecule has 0 aromatic heterocycles. The topological polar surface area (TPSA) is 96.0 Å². The Kier molecular flexibility index (Phi) is 3.86. The van der Waals surface area contributed by atoms with Gasteiger partial charge in [0.05, 0.1) is 10.7 Å². The molecule has 1 saturated carbocycles. The lowest BCUT2D eigenvalue weighted by Crippen LogP contribution is -2.42. The molecule has 0 bridgehead atoms. The second-order valence-corrected chi connectivity index (χ2v) is 6.39. The highest BCUT2D eigenvalue weighted by molar-refractivity contribution is 7.89. The van der Waals surface area contributed by atoms with Gasteiger partial charge in [0.25, 0.3) is 0 Å². The van der Waals surface area contributed by atoms with Gasteiger partial charge in [0.15, 0.2) is 0 Å². The van der Waals surface area contributed by atoms with Crippen LogP contribution in [-0.2, 0) is 10.0 Å². The number of nitrogens with two attached hydrogens (primary N) is 1. The molecule has 1 aromatic rings. The van der Waals surface area contributed by atoms with Gasteiger partial charge in [-0.25, -0.2) is 17.5 Å². The van der Waals surface area contributed by atoms with Crippen LogP contribution in [0.5, 0.6) is 0 Å². The molecule has 2 rings (SSSR count). The maximum atomic E-state index is 13.1. The first-order valence-corrected chi connectivity index (χ1v) is 7.50. The lowest BCUT2D eigenvalue weighted by Gasteiger charge is -2.19. The minimum atomic E-state index is -3.77. The largest absolute Gasteiger partial charge is 0.387 e. The Bertz CT molecular complexity index is 588. The number of hydrogen-bond acceptors (Lipinski definition) is 3. The number of hydrogen-bond donors (Lipinski definition) is 3. The van der Waals surface area contributed by atoms with Crippen molar-refractivity contribution >= 4 is 15.9 Å². The van der Waals surface area contributed by atoms with Crippen LogP contribution in [-0.4, -0.2) is 20.3 Å². The molecule has 0 aliphatic heterocycles. The second-order valence-electron chi connectivity index (χ2n) is 4.68. The third kappa shape index (κ3) is 3.10. The molecular weight excluding hydrogens is 269 g/mol. The third-order valence-electron chi connectivity index (χ3n) is 3.33. The number of nitrogens with one attached hydrogen (secondary N) is 2. The van der Waals surface area contributed by atoms with E-state index in [0.717, 1.165) is 12.5 Å². The smallest absolute Gasteiger partial charge is 0.240 e. The molecule has 0 amide bonds. The van der Waals surface area contributed by atoms with E-state index in [-0.39, 0.29) is 22.7 Å². The molecular formula is C12H16FN3O2S. The molecule has 0 spiro atoms. The number of halogens is 1. The number of amidine groups is 1. The molecule has 0 heterocycles. The fraction of sp³-hybridized carbons (Fsp3) is 0.417. The van der Waals surface area contributed by atoms with Gasteiger partial charge in [-0.3, -0.25) is 5.41 Å². The van der Waals surface area contributed by atoms with Crippen LogP contribution in [0.1, 0.15) is 19.3 Å². The van der Waals surface area contributed by atoms with Gasteiger partial charge in [0.1, 0.15) is 5.82 Å². The molecule has 1 aliphatic rings. The van der Waals surface area contributed by atoms with Crippen molar-refractivity contribution in [1.29, 1.82) is 5.41 Å². The van der Waals surface area contributed by atoms with Crippen molar-refractivity contribution in [3.63, 3.8) is 0 Å². The molecule has 5 nitrogen and oxygen atoms in total. The first kappa shape index (κ1) is 14.0. The highest BCUT2D eigenvalue weighted by atomic mass is 32.2. The van der Waals surface area contributed by atoms with Crippen molar-refractivity contribution in [3.8, 4) is 0 Å². The summed E-state index contributed by atoms with van der Waals surface area (Å²) in [6.45, 7) is 0. The van der Waals surface area contributed by atoms with Gasteiger partial charge in [-0.1, -0.05) is 12.5 Å². The van der Waals surface area contributed by atoms with Crippen LogP contribution in [0.4, 0.5) is 4.39 Å². The summed E-state index contributed by atoms with van der Waals surface area (Å²) in [4.78, 5) is -0.110. The number of sulfonamides is 1. The van der Waals surface area contributed by atoms with Crippen LogP contribution in [0.3, 0.4) is 0 Å². The van der Waals surface area contributed by atoms with Crippen molar-refractivity contribution in [1.82, 2.24) is 4.72 Å². The maximum Gasteiger partial charge on any atom is 0.240 e. The summed E-state index contributed by atoms with van der Waals surface area (Å²) < 4.78 is 39.8. The maximum absolute atomic E-state index is 13.1. The summed E-state index contributed by atoms with van der Waals surface area (Å²) in [6, 6.07) is 4.46. The molecule has 0 radical (unpaired) electrons. The van der Waals surface area contributed by atoms with Crippen LogP contribution >= 0.6 is 0 Å². The Hall–Kier alpha value is -1.47. The normalized spacial score (nSPS) is 23.4. The molecule has 7 heteroatoms. The Balaban J connectivity index is 2.20. The van der Waals surface area contributed by atoms with Gasteiger partial charge in [-0.2, -0.15) is 0 Å². The number of benzene rings is 1. The van der Waals surface area contributed by atoms with Crippen LogP contribution in [0.2, 0.25) is 0 Å².